The molecule has 0 radical (unpaired) electrons. The lowest BCUT2D eigenvalue weighted by molar-refractivity contribution is -0.137. The molecule has 3 rings (SSSR count). The van der Waals surface area contributed by atoms with E-state index < -0.39 is 46.7 Å². The lowest BCUT2D eigenvalue weighted by Crippen LogP contribution is -2.45. The van der Waals surface area contributed by atoms with Gasteiger partial charge in [-0.05, 0) is 63.6 Å². The molecule has 2 N–H and O–H groups in total. The highest BCUT2D eigenvalue weighted by molar-refractivity contribution is 6.23. The fourth-order valence-electron chi connectivity index (χ4n) is 3.70. The van der Waals surface area contributed by atoms with Crippen LogP contribution >= 0.6 is 0 Å². The Hall–Kier alpha value is -3.80. The van der Waals surface area contributed by atoms with E-state index in [2.05, 4.69) is 0 Å². The number of carbonyl (C=O) groups is 3. The molecular weight excluding hydrogens is 483 g/mol. The third-order valence-corrected chi connectivity index (χ3v) is 5.45. The lowest BCUT2D eigenvalue weighted by Gasteiger charge is -2.31. The van der Waals surface area contributed by atoms with Gasteiger partial charge in [-0.3, -0.25) is 9.69 Å². The van der Waals surface area contributed by atoms with Crippen LogP contribution in [0.4, 0.5) is 34.1 Å². The molecule has 0 bridgehead atoms. The molecule has 9 nitrogen and oxygen atoms in total. The smallest absolute Gasteiger partial charge is 0.428 e. The van der Waals surface area contributed by atoms with Crippen LogP contribution in [0.25, 0.3) is 0 Å². The number of hydrogen-bond donors (Lipinski definition) is 1. The van der Waals surface area contributed by atoms with Gasteiger partial charge >= 0.3 is 18.4 Å². The monoisotopic (exact) mass is 509 g/mol. The molecule has 0 saturated carbocycles. The normalized spacial score (nSPS) is 18.6. The summed E-state index contributed by atoms with van der Waals surface area (Å²) in [6.45, 7) is 6.15. The zero-order chi connectivity index (χ0) is 27.1. The molecule has 0 spiro atoms. The number of imide groups is 1. The van der Waals surface area contributed by atoms with E-state index >= 15 is 0 Å². The van der Waals surface area contributed by atoms with E-state index in [0.29, 0.717) is 16.5 Å². The van der Waals surface area contributed by atoms with Gasteiger partial charge in [0, 0.05) is 12.8 Å². The number of hydrogen-bond acceptors (Lipinski definition) is 7. The Labute approximate surface area is 205 Å². The summed E-state index contributed by atoms with van der Waals surface area (Å²) in [5, 5.41) is 0. The van der Waals surface area contributed by atoms with Crippen molar-refractivity contribution in [3.8, 4) is 5.75 Å². The SMILES string of the molecule is COCN1C(=O)N(c2ccc(N)c(C(F)(F)F)c2)C(=O)[C@@]1(C)c1ccc(OC(=O)OC(C)(C)C)cc1. The Balaban J connectivity index is 1.98. The van der Waals surface area contributed by atoms with Gasteiger partial charge in [-0.1, -0.05) is 12.1 Å². The van der Waals surface area contributed by atoms with Crippen LogP contribution in [-0.2, 0) is 26.0 Å². The van der Waals surface area contributed by atoms with Crippen molar-refractivity contribution < 1.29 is 41.8 Å². The Bertz CT molecular complexity index is 1180. The molecular formula is C24H26F3N3O6. The Morgan fingerprint density at radius 1 is 1.06 bits per heavy atom. The summed E-state index contributed by atoms with van der Waals surface area (Å²) in [4.78, 5) is 40.5. The highest BCUT2D eigenvalue weighted by Crippen LogP contribution is 2.42. The summed E-state index contributed by atoms with van der Waals surface area (Å²) >= 11 is 0. The number of benzene rings is 2. The number of anilines is 2. The van der Waals surface area contributed by atoms with E-state index in [-0.39, 0.29) is 18.2 Å². The van der Waals surface area contributed by atoms with Crippen molar-refractivity contribution in [1.82, 2.24) is 4.90 Å². The number of urea groups is 1. The molecule has 1 aliphatic heterocycles. The van der Waals surface area contributed by atoms with Crippen LogP contribution in [0.15, 0.2) is 42.5 Å². The van der Waals surface area contributed by atoms with E-state index in [9.17, 15) is 27.6 Å². The number of rotatable bonds is 5. The molecule has 1 fully saturated rings. The number of nitrogen functional groups attached to an aromatic ring is 1. The van der Waals surface area contributed by atoms with Crippen LogP contribution in [0.5, 0.6) is 5.75 Å². The van der Waals surface area contributed by atoms with Crippen LogP contribution in [0.3, 0.4) is 0 Å². The highest BCUT2D eigenvalue weighted by atomic mass is 19.4. The van der Waals surface area contributed by atoms with Crippen molar-refractivity contribution >= 4 is 29.5 Å². The van der Waals surface area contributed by atoms with E-state index in [1.54, 1.807) is 20.8 Å². The molecule has 2 aromatic carbocycles. The number of methoxy groups -OCH3 is 1. The first-order valence-electron chi connectivity index (χ1n) is 10.7. The van der Waals surface area contributed by atoms with E-state index in [4.69, 9.17) is 19.9 Å². The molecule has 36 heavy (non-hydrogen) atoms. The number of nitrogens with zero attached hydrogens (tertiary/aromatic N) is 2. The van der Waals surface area contributed by atoms with Crippen molar-refractivity contribution in [3.05, 3.63) is 53.6 Å². The summed E-state index contributed by atoms with van der Waals surface area (Å²) in [6, 6.07) is 7.65. The lowest BCUT2D eigenvalue weighted by atomic mass is 9.90. The Morgan fingerprint density at radius 3 is 2.19 bits per heavy atom. The van der Waals surface area contributed by atoms with Gasteiger partial charge in [0.15, 0.2) is 0 Å². The maximum Gasteiger partial charge on any atom is 0.514 e. The minimum absolute atomic E-state index is 0.122. The largest absolute Gasteiger partial charge is 0.514 e. The molecule has 0 unspecified atom stereocenters. The van der Waals surface area contributed by atoms with Crippen molar-refractivity contribution in [3.63, 3.8) is 0 Å². The van der Waals surface area contributed by atoms with Gasteiger partial charge in [0.25, 0.3) is 5.91 Å². The molecule has 1 atom stereocenters. The zero-order valence-corrected chi connectivity index (χ0v) is 20.3. The third-order valence-electron chi connectivity index (χ3n) is 5.45. The fraction of sp³-hybridized carbons (Fsp3) is 0.375. The van der Waals surface area contributed by atoms with Crippen molar-refractivity contribution in [2.45, 2.75) is 45.0 Å². The maximum atomic E-state index is 13.6. The quantitative estimate of drug-likeness (QED) is 0.264. The first-order chi connectivity index (χ1) is 16.6. The summed E-state index contributed by atoms with van der Waals surface area (Å²) in [5.41, 5.74) is 1.36. The number of carbonyl (C=O) groups excluding carboxylic acids is 3. The van der Waals surface area contributed by atoms with E-state index in [1.165, 1.54) is 38.3 Å². The second-order valence-electron chi connectivity index (χ2n) is 9.20. The molecule has 0 aromatic heterocycles. The molecule has 1 aliphatic rings. The molecule has 2 aromatic rings. The molecule has 12 heteroatoms. The predicted molar refractivity (Wildman–Crippen MR) is 123 cm³/mol. The van der Waals surface area contributed by atoms with Gasteiger partial charge in [0.05, 0.1) is 11.3 Å². The highest BCUT2D eigenvalue weighted by Gasteiger charge is 2.56. The number of amides is 3. The minimum Gasteiger partial charge on any atom is -0.428 e. The van der Waals surface area contributed by atoms with Gasteiger partial charge < -0.3 is 19.9 Å². The Kier molecular flexibility index (Phi) is 6.95. The number of halogens is 3. The standard InChI is InChI=1S/C24H26F3N3O6/c1-22(2,3)36-21(33)35-16-9-6-14(7-10-16)23(4)19(31)30(20(32)29(23)13-34-5)15-8-11-18(28)17(12-15)24(25,26)27/h6-12H,13,28H2,1-5H3/t23-/m1/s1. The summed E-state index contributed by atoms with van der Waals surface area (Å²) < 4.78 is 55.5. The number of nitrogens with two attached hydrogens (primary N) is 1. The van der Waals surface area contributed by atoms with E-state index in [0.717, 1.165) is 17.0 Å². The van der Waals surface area contributed by atoms with Crippen LogP contribution < -0.4 is 15.4 Å². The van der Waals surface area contributed by atoms with Gasteiger partial charge in [-0.25, -0.2) is 14.5 Å². The number of ether oxygens (including phenoxy) is 3. The zero-order valence-electron chi connectivity index (χ0n) is 20.3. The summed E-state index contributed by atoms with van der Waals surface area (Å²) in [6.07, 6.45) is -5.71. The minimum atomic E-state index is -4.79. The van der Waals surface area contributed by atoms with E-state index in [1.807, 2.05) is 0 Å². The van der Waals surface area contributed by atoms with Crippen LogP contribution in [0.1, 0.15) is 38.8 Å². The molecule has 1 heterocycles. The summed E-state index contributed by atoms with van der Waals surface area (Å²) in [5.74, 6) is -0.680. The maximum absolute atomic E-state index is 13.6. The van der Waals surface area contributed by atoms with Crippen molar-refractivity contribution in [2.24, 2.45) is 0 Å². The second-order valence-corrected chi connectivity index (χ2v) is 9.20. The predicted octanol–water partition coefficient (Wildman–Crippen LogP) is 4.89. The third kappa shape index (κ3) is 5.08. The first kappa shape index (κ1) is 26.8. The van der Waals surface area contributed by atoms with Gasteiger partial charge in [-0.15, -0.1) is 0 Å². The van der Waals surface area contributed by atoms with Gasteiger partial charge in [0.2, 0.25) is 0 Å². The molecule has 194 valence electrons. The van der Waals surface area contributed by atoms with Crippen molar-refractivity contribution in [2.75, 3.05) is 24.5 Å². The topological polar surface area (TPSA) is 111 Å². The molecule has 1 saturated heterocycles. The second kappa shape index (κ2) is 9.34. The average molecular weight is 509 g/mol. The van der Waals surface area contributed by atoms with Crippen molar-refractivity contribution in [1.29, 1.82) is 0 Å². The van der Waals surface area contributed by atoms with Gasteiger partial charge in [0.1, 0.15) is 23.6 Å². The average Bonchev–Trinajstić information content (AvgIpc) is 2.94. The fourth-order valence-corrected chi connectivity index (χ4v) is 3.70. The van der Waals surface area contributed by atoms with Crippen LogP contribution in [-0.4, -0.2) is 42.4 Å². The first-order valence-corrected chi connectivity index (χ1v) is 10.7. The molecule has 0 aliphatic carbocycles. The van der Waals surface area contributed by atoms with Crippen LogP contribution in [0.2, 0.25) is 0 Å². The van der Waals surface area contributed by atoms with Crippen LogP contribution in [0, 0.1) is 0 Å². The summed E-state index contributed by atoms with van der Waals surface area (Å²) in [7, 11) is 1.31. The number of alkyl halides is 3. The van der Waals surface area contributed by atoms with Gasteiger partial charge in [-0.2, -0.15) is 13.2 Å². The molecule has 3 amide bonds. The Morgan fingerprint density at radius 2 is 1.67 bits per heavy atom.